The van der Waals surface area contributed by atoms with Crippen molar-refractivity contribution in [1.29, 1.82) is 0 Å². The molecule has 0 saturated carbocycles. The maximum absolute atomic E-state index is 5.39. The van der Waals surface area contributed by atoms with Crippen molar-refractivity contribution in [1.82, 2.24) is 5.32 Å². The van der Waals surface area contributed by atoms with E-state index in [9.17, 15) is 0 Å². The van der Waals surface area contributed by atoms with Crippen LogP contribution in [0.5, 0.6) is 0 Å². The summed E-state index contributed by atoms with van der Waals surface area (Å²) in [4.78, 5) is 0. The van der Waals surface area contributed by atoms with Crippen molar-refractivity contribution in [3.8, 4) is 0 Å². The highest BCUT2D eigenvalue weighted by molar-refractivity contribution is 4.64. The monoisotopic (exact) mass is 213 g/mol. The van der Waals surface area contributed by atoms with Gasteiger partial charge in [0.25, 0.3) is 0 Å². The first-order valence-electron chi connectivity index (χ1n) is 6.31. The third-order valence-electron chi connectivity index (χ3n) is 2.35. The standard InChI is InChI=1S/C13H27NO/c1-3-5-7-8-9-10-14-11-13-15-12-6-4-2/h4,14H,2-3,5-13H2,1H3. The van der Waals surface area contributed by atoms with Gasteiger partial charge >= 0.3 is 0 Å². The Morgan fingerprint density at radius 1 is 1.07 bits per heavy atom. The van der Waals surface area contributed by atoms with Crippen LogP contribution in [-0.4, -0.2) is 26.3 Å². The van der Waals surface area contributed by atoms with E-state index in [0.29, 0.717) is 0 Å². The number of nitrogens with one attached hydrogen (secondary N) is 1. The van der Waals surface area contributed by atoms with Gasteiger partial charge in [-0.25, -0.2) is 0 Å². The zero-order valence-corrected chi connectivity index (χ0v) is 10.3. The first-order chi connectivity index (χ1) is 7.41. The molecule has 2 heteroatoms. The molecule has 0 aliphatic heterocycles. The van der Waals surface area contributed by atoms with Gasteiger partial charge in [0.2, 0.25) is 0 Å². The topological polar surface area (TPSA) is 21.3 Å². The fourth-order valence-corrected chi connectivity index (χ4v) is 1.39. The zero-order valence-electron chi connectivity index (χ0n) is 10.3. The fraction of sp³-hybridized carbons (Fsp3) is 0.846. The summed E-state index contributed by atoms with van der Waals surface area (Å²) in [6.07, 6.45) is 9.59. The first-order valence-corrected chi connectivity index (χ1v) is 6.31. The van der Waals surface area contributed by atoms with Crippen molar-refractivity contribution in [3.63, 3.8) is 0 Å². The maximum atomic E-state index is 5.39. The minimum absolute atomic E-state index is 0.807. The number of rotatable bonds is 12. The molecule has 0 aromatic carbocycles. The molecule has 0 bridgehead atoms. The molecule has 0 atom stereocenters. The van der Waals surface area contributed by atoms with E-state index < -0.39 is 0 Å². The molecule has 2 nitrogen and oxygen atoms in total. The highest BCUT2D eigenvalue weighted by Crippen LogP contribution is 2.00. The van der Waals surface area contributed by atoms with Gasteiger partial charge in [-0.2, -0.15) is 0 Å². The van der Waals surface area contributed by atoms with E-state index in [4.69, 9.17) is 4.74 Å². The Morgan fingerprint density at radius 3 is 2.60 bits per heavy atom. The molecule has 90 valence electrons. The highest BCUT2D eigenvalue weighted by Gasteiger charge is 1.90. The molecule has 0 aromatic rings. The van der Waals surface area contributed by atoms with Crippen LogP contribution >= 0.6 is 0 Å². The third-order valence-corrected chi connectivity index (χ3v) is 2.35. The fourth-order valence-electron chi connectivity index (χ4n) is 1.39. The Morgan fingerprint density at radius 2 is 1.87 bits per heavy atom. The molecule has 0 unspecified atom stereocenters. The van der Waals surface area contributed by atoms with Crippen molar-refractivity contribution in [2.45, 2.75) is 45.4 Å². The van der Waals surface area contributed by atoms with Gasteiger partial charge in [-0.15, -0.1) is 6.58 Å². The largest absolute Gasteiger partial charge is 0.380 e. The molecule has 0 aliphatic carbocycles. The normalized spacial score (nSPS) is 10.5. The van der Waals surface area contributed by atoms with Crippen LogP contribution in [0, 0.1) is 0 Å². The Labute approximate surface area is 95.1 Å². The second-order valence-corrected chi connectivity index (χ2v) is 3.85. The predicted molar refractivity (Wildman–Crippen MR) is 67.3 cm³/mol. The van der Waals surface area contributed by atoms with Crippen LogP contribution < -0.4 is 5.32 Å². The van der Waals surface area contributed by atoms with E-state index in [1.165, 1.54) is 32.1 Å². The van der Waals surface area contributed by atoms with Gasteiger partial charge < -0.3 is 10.1 Å². The Bertz CT molecular complexity index is 126. The molecule has 0 fully saturated rings. The summed E-state index contributed by atoms with van der Waals surface area (Å²) >= 11 is 0. The van der Waals surface area contributed by atoms with Gasteiger partial charge in [0.15, 0.2) is 0 Å². The molecule has 0 radical (unpaired) electrons. The Hall–Kier alpha value is -0.340. The van der Waals surface area contributed by atoms with Gasteiger partial charge in [-0.05, 0) is 19.4 Å². The summed E-state index contributed by atoms with van der Waals surface area (Å²) in [6.45, 7) is 9.64. The first kappa shape index (κ1) is 14.7. The van der Waals surface area contributed by atoms with Crippen LogP contribution in [0.4, 0.5) is 0 Å². The Kier molecular flexibility index (Phi) is 13.4. The molecule has 1 N–H and O–H groups in total. The summed E-state index contributed by atoms with van der Waals surface area (Å²) in [5.74, 6) is 0. The van der Waals surface area contributed by atoms with Crippen molar-refractivity contribution < 1.29 is 4.74 Å². The predicted octanol–water partition coefficient (Wildman–Crippen LogP) is 3.14. The van der Waals surface area contributed by atoms with E-state index in [1.54, 1.807) is 0 Å². The number of hydrogen-bond donors (Lipinski definition) is 1. The van der Waals surface area contributed by atoms with Crippen LogP contribution in [0.15, 0.2) is 12.7 Å². The summed E-state index contributed by atoms with van der Waals surface area (Å²) in [6, 6.07) is 0. The minimum Gasteiger partial charge on any atom is -0.380 e. The summed E-state index contributed by atoms with van der Waals surface area (Å²) < 4.78 is 5.39. The van der Waals surface area contributed by atoms with Crippen LogP contribution in [0.3, 0.4) is 0 Å². The Balaban J connectivity index is 2.83. The minimum atomic E-state index is 0.807. The van der Waals surface area contributed by atoms with Crippen LogP contribution in [-0.2, 0) is 4.74 Å². The average molecular weight is 213 g/mol. The number of hydrogen-bond acceptors (Lipinski definition) is 2. The molecular formula is C13H27NO. The van der Waals surface area contributed by atoms with Crippen molar-refractivity contribution >= 4 is 0 Å². The van der Waals surface area contributed by atoms with E-state index in [0.717, 1.165) is 32.7 Å². The van der Waals surface area contributed by atoms with Gasteiger partial charge in [0.05, 0.1) is 13.2 Å². The van der Waals surface area contributed by atoms with Crippen LogP contribution in [0.1, 0.15) is 45.4 Å². The molecule has 0 heterocycles. The summed E-state index contributed by atoms with van der Waals surface area (Å²) in [7, 11) is 0. The van der Waals surface area contributed by atoms with E-state index in [1.807, 2.05) is 6.08 Å². The quantitative estimate of drug-likeness (QED) is 0.397. The lowest BCUT2D eigenvalue weighted by Gasteiger charge is -2.05. The lowest BCUT2D eigenvalue weighted by atomic mass is 10.1. The summed E-state index contributed by atoms with van der Waals surface area (Å²) in [5, 5.41) is 3.39. The van der Waals surface area contributed by atoms with E-state index >= 15 is 0 Å². The average Bonchev–Trinajstić information content (AvgIpc) is 2.26. The zero-order chi connectivity index (χ0) is 11.2. The van der Waals surface area contributed by atoms with Crippen molar-refractivity contribution in [3.05, 3.63) is 12.7 Å². The molecular weight excluding hydrogens is 186 g/mol. The maximum Gasteiger partial charge on any atom is 0.0591 e. The lowest BCUT2D eigenvalue weighted by Crippen LogP contribution is -2.21. The second kappa shape index (κ2) is 13.7. The lowest BCUT2D eigenvalue weighted by molar-refractivity contribution is 0.140. The molecule has 0 aliphatic rings. The van der Waals surface area contributed by atoms with Gasteiger partial charge in [0, 0.05) is 6.54 Å². The summed E-state index contributed by atoms with van der Waals surface area (Å²) in [5.41, 5.74) is 0. The second-order valence-electron chi connectivity index (χ2n) is 3.85. The van der Waals surface area contributed by atoms with Crippen molar-refractivity contribution in [2.75, 3.05) is 26.3 Å². The van der Waals surface area contributed by atoms with Crippen LogP contribution in [0.2, 0.25) is 0 Å². The molecule has 0 spiro atoms. The van der Waals surface area contributed by atoms with Gasteiger partial charge in [-0.1, -0.05) is 38.7 Å². The molecule has 0 saturated heterocycles. The smallest absolute Gasteiger partial charge is 0.0591 e. The molecule has 0 rings (SSSR count). The number of ether oxygens (including phenoxy) is 1. The van der Waals surface area contributed by atoms with Gasteiger partial charge in [0.1, 0.15) is 0 Å². The van der Waals surface area contributed by atoms with Gasteiger partial charge in [-0.3, -0.25) is 0 Å². The molecule has 0 aromatic heterocycles. The third kappa shape index (κ3) is 13.7. The molecule has 15 heavy (non-hydrogen) atoms. The van der Waals surface area contributed by atoms with E-state index in [2.05, 4.69) is 18.8 Å². The van der Waals surface area contributed by atoms with Crippen molar-refractivity contribution in [2.24, 2.45) is 0 Å². The number of unbranched alkanes of at least 4 members (excludes halogenated alkanes) is 4. The van der Waals surface area contributed by atoms with E-state index in [-0.39, 0.29) is 0 Å². The highest BCUT2D eigenvalue weighted by atomic mass is 16.5. The van der Waals surface area contributed by atoms with Crippen LogP contribution in [0.25, 0.3) is 0 Å². The SMILES string of the molecule is C=CCCOCCNCCCCCCC. The molecule has 0 amide bonds.